The number of unbranched alkanes of at least 4 members (excludes halogenated alkanes) is 1. The van der Waals surface area contributed by atoms with Gasteiger partial charge in [0.2, 0.25) is 0 Å². The average molecular weight is 425 g/mol. The number of fused-ring (bicyclic) bond motifs is 1. The second kappa shape index (κ2) is 10.7. The van der Waals surface area contributed by atoms with Crippen LogP contribution in [0.4, 0.5) is 4.79 Å². The standard InChI is InChI=1S/C21H32N2O5S/c1-6-8-13-23(14-12-18(24)26-7-2)29-22(5)20(25)27-17-11-9-10-16-15-21(3,4)28-19(16)17/h9-11H,6-8,12-15H2,1-5H3. The maximum atomic E-state index is 12.6. The Kier molecular flexibility index (Phi) is 8.64. The topological polar surface area (TPSA) is 68.3 Å². The van der Waals surface area contributed by atoms with Gasteiger partial charge in [-0.05, 0) is 33.3 Å². The number of ether oxygens (including phenoxy) is 3. The molecule has 1 aliphatic rings. The highest BCUT2D eigenvalue weighted by molar-refractivity contribution is 7.95. The number of rotatable bonds is 10. The Labute approximate surface area is 177 Å². The molecule has 0 unspecified atom stereocenters. The summed E-state index contributed by atoms with van der Waals surface area (Å²) in [4.78, 5) is 24.3. The lowest BCUT2D eigenvalue weighted by molar-refractivity contribution is -0.143. The van der Waals surface area contributed by atoms with Crippen molar-refractivity contribution in [3.63, 3.8) is 0 Å². The molecular formula is C21H32N2O5S. The minimum Gasteiger partial charge on any atom is -0.483 e. The van der Waals surface area contributed by atoms with E-state index in [4.69, 9.17) is 14.2 Å². The minimum absolute atomic E-state index is 0.237. The van der Waals surface area contributed by atoms with Crippen molar-refractivity contribution in [2.24, 2.45) is 0 Å². The lowest BCUT2D eigenvalue weighted by Crippen LogP contribution is -2.31. The Balaban J connectivity index is 1.96. The van der Waals surface area contributed by atoms with Gasteiger partial charge >= 0.3 is 12.1 Å². The molecule has 0 fully saturated rings. The van der Waals surface area contributed by atoms with Crippen LogP contribution in [0.1, 0.15) is 52.5 Å². The molecule has 162 valence electrons. The molecule has 0 N–H and O–H groups in total. The molecule has 29 heavy (non-hydrogen) atoms. The number of esters is 1. The smallest absolute Gasteiger partial charge is 0.426 e. The SMILES string of the molecule is CCCCN(CCC(=O)OCC)SN(C)C(=O)Oc1cccc2c1OC(C)(C)C2. The maximum absolute atomic E-state index is 12.6. The van der Waals surface area contributed by atoms with E-state index in [0.29, 0.717) is 24.7 Å². The molecule has 0 atom stereocenters. The van der Waals surface area contributed by atoms with Crippen LogP contribution in [0.15, 0.2) is 18.2 Å². The van der Waals surface area contributed by atoms with Crippen LogP contribution in [-0.4, -0.2) is 53.0 Å². The fourth-order valence-electron chi connectivity index (χ4n) is 3.01. The van der Waals surface area contributed by atoms with Gasteiger partial charge in [-0.3, -0.25) is 4.79 Å². The van der Waals surface area contributed by atoms with Crippen LogP contribution < -0.4 is 9.47 Å². The monoisotopic (exact) mass is 424 g/mol. The molecule has 0 aromatic heterocycles. The third kappa shape index (κ3) is 7.12. The zero-order chi connectivity index (χ0) is 21.4. The van der Waals surface area contributed by atoms with Crippen molar-refractivity contribution in [2.45, 2.75) is 59.0 Å². The number of carbonyl (C=O) groups excluding carboxylic acids is 2. The van der Waals surface area contributed by atoms with Crippen LogP contribution in [0, 0.1) is 0 Å². The van der Waals surface area contributed by atoms with Crippen molar-refractivity contribution < 1.29 is 23.8 Å². The van der Waals surface area contributed by atoms with Gasteiger partial charge in [0.05, 0.1) is 13.0 Å². The van der Waals surface area contributed by atoms with E-state index in [2.05, 4.69) is 6.92 Å². The summed E-state index contributed by atoms with van der Waals surface area (Å²) in [6.45, 7) is 9.54. The van der Waals surface area contributed by atoms with Gasteiger partial charge in [-0.1, -0.05) is 25.5 Å². The van der Waals surface area contributed by atoms with E-state index < -0.39 is 6.09 Å². The molecule has 0 saturated heterocycles. The van der Waals surface area contributed by atoms with Gasteiger partial charge in [0.25, 0.3) is 0 Å². The minimum atomic E-state index is -0.491. The molecule has 0 aliphatic carbocycles. The maximum Gasteiger partial charge on any atom is 0.426 e. The number of hydrogen-bond donors (Lipinski definition) is 0. The lowest BCUT2D eigenvalue weighted by atomic mass is 10.0. The summed E-state index contributed by atoms with van der Waals surface area (Å²) in [6.07, 6.45) is 2.55. The Morgan fingerprint density at radius 3 is 2.69 bits per heavy atom. The summed E-state index contributed by atoms with van der Waals surface area (Å²) in [5, 5.41) is 0. The van der Waals surface area contributed by atoms with E-state index in [0.717, 1.165) is 31.4 Å². The number of amides is 1. The van der Waals surface area contributed by atoms with Crippen molar-refractivity contribution >= 4 is 24.2 Å². The number of hydrogen-bond acceptors (Lipinski definition) is 7. The average Bonchev–Trinajstić information content (AvgIpc) is 2.99. The van der Waals surface area contributed by atoms with Gasteiger partial charge in [-0.25, -0.2) is 13.4 Å². The highest BCUT2D eigenvalue weighted by Crippen LogP contribution is 2.42. The van der Waals surface area contributed by atoms with Gasteiger partial charge in [0, 0.05) is 44.3 Å². The summed E-state index contributed by atoms with van der Waals surface area (Å²) in [5.41, 5.74) is 0.727. The Morgan fingerprint density at radius 2 is 2.00 bits per heavy atom. The van der Waals surface area contributed by atoms with E-state index in [1.54, 1.807) is 20.0 Å². The van der Waals surface area contributed by atoms with Crippen molar-refractivity contribution in [1.29, 1.82) is 0 Å². The number of para-hydroxylation sites is 1. The summed E-state index contributed by atoms with van der Waals surface area (Å²) in [7, 11) is 1.66. The Hall–Kier alpha value is -1.93. The predicted octanol–water partition coefficient (Wildman–Crippen LogP) is 4.45. The van der Waals surface area contributed by atoms with Gasteiger partial charge in [-0.2, -0.15) is 0 Å². The van der Waals surface area contributed by atoms with Crippen molar-refractivity contribution in [3.8, 4) is 11.5 Å². The third-order valence-electron chi connectivity index (χ3n) is 4.38. The zero-order valence-electron chi connectivity index (χ0n) is 18.0. The fraction of sp³-hybridized carbons (Fsp3) is 0.619. The summed E-state index contributed by atoms with van der Waals surface area (Å²) in [5.74, 6) is 0.825. The summed E-state index contributed by atoms with van der Waals surface area (Å²) < 4.78 is 20.0. The molecule has 1 amide bonds. The lowest BCUT2D eigenvalue weighted by Gasteiger charge is -2.25. The van der Waals surface area contributed by atoms with E-state index in [9.17, 15) is 9.59 Å². The van der Waals surface area contributed by atoms with Gasteiger partial charge < -0.3 is 14.2 Å². The van der Waals surface area contributed by atoms with Crippen LogP contribution in [0.2, 0.25) is 0 Å². The quantitative estimate of drug-likeness (QED) is 0.406. The van der Waals surface area contributed by atoms with Crippen LogP contribution in [-0.2, 0) is 16.0 Å². The molecule has 7 nitrogen and oxygen atoms in total. The normalized spacial score (nSPS) is 14.3. The molecule has 1 heterocycles. The molecular weight excluding hydrogens is 392 g/mol. The van der Waals surface area contributed by atoms with E-state index in [1.807, 2.05) is 30.3 Å². The molecule has 1 aromatic rings. The van der Waals surface area contributed by atoms with Crippen LogP contribution in [0.5, 0.6) is 11.5 Å². The second-order valence-electron chi connectivity index (χ2n) is 7.57. The molecule has 0 bridgehead atoms. The van der Waals surface area contributed by atoms with E-state index >= 15 is 0 Å². The first-order chi connectivity index (χ1) is 13.8. The van der Waals surface area contributed by atoms with E-state index in [-0.39, 0.29) is 18.0 Å². The predicted molar refractivity (Wildman–Crippen MR) is 114 cm³/mol. The van der Waals surface area contributed by atoms with Crippen LogP contribution in [0.25, 0.3) is 0 Å². The number of nitrogens with zero attached hydrogens (tertiary/aromatic N) is 2. The molecule has 0 radical (unpaired) electrons. The van der Waals surface area contributed by atoms with Crippen molar-refractivity contribution in [2.75, 3.05) is 26.7 Å². The molecule has 0 spiro atoms. The van der Waals surface area contributed by atoms with Crippen LogP contribution in [0.3, 0.4) is 0 Å². The van der Waals surface area contributed by atoms with Crippen LogP contribution >= 0.6 is 12.1 Å². The summed E-state index contributed by atoms with van der Waals surface area (Å²) >= 11 is 1.25. The fourth-order valence-corrected chi connectivity index (χ4v) is 3.84. The largest absolute Gasteiger partial charge is 0.483 e. The van der Waals surface area contributed by atoms with E-state index in [1.165, 1.54) is 16.4 Å². The van der Waals surface area contributed by atoms with Crippen molar-refractivity contribution in [3.05, 3.63) is 23.8 Å². The first kappa shape index (κ1) is 23.3. The van der Waals surface area contributed by atoms with Gasteiger partial charge in [0.1, 0.15) is 5.60 Å². The zero-order valence-corrected chi connectivity index (χ0v) is 18.8. The number of benzene rings is 1. The highest BCUT2D eigenvalue weighted by Gasteiger charge is 2.33. The molecule has 1 aromatic carbocycles. The van der Waals surface area contributed by atoms with Gasteiger partial charge in [0.15, 0.2) is 11.5 Å². The molecule has 0 saturated carbocycles. The third-order valence-corrected chi connectivity index (χ3v) is 5.37. The molecule has 2 rings (SSSR count). The Bertz CT molecular complexity index is 710. The molecule has 8 heteroatoms. The highest BCUT2D eigenvalue weighted by atomic mass is 32.2. The summed E-state index contributed by atoms with van der Waals surface area (Å²) in [6, 6.07) is 5.60. The Morgan fingerprint density at radius 1 is 1.24 bits per heavy atom. The first-order valence-corrected chi connectivity index (χ1v) is 10.8. The first-order valence-electron chi connectivity index (χ1n) is 10.1. The number of carbonyl (C=O) groups is 2. The molecule has 1 aliphatic heterocycles. The second-order valence-corrected chi connectivity index (χ2v) is 8.80. The van der Waals surface area contributed by atoms with Gasteiger partial charge in [-0.15, -0.1) is 0 Å². The van der Waals surface area contributed by atoms with Crippen molar-refractivity contribution in [1.82, 2.24) is 8.61 Å².